The molecule has 1 fully saturated rings. The van der Waals surface area contributed by atoms with Crippen LogP contribution in [-0.2, 0) is 19.1 Å². The highest BCUT2D eigenvalue weighted by molar-refractivity contribution is 5.81. The summed E-state index contributed by atoms with van der Waals surface area (Å²) in [7, 11) is 0. The maximum Gasteiger partial charge on any atom is 0.309 e. The maximum atomic E-state index is 12.0. The first kappa shape index (κ1) is 16.7. The van der Waals surface area contributed by atoms with Crippen molar-refractivity contribution >= 4 is 11.9 Å². The molecule has 5 nitrogen and oxygen atoms in total. The van der Waals surface area contributed by atoms with Gasteiger partial charge in [-0.3, -0.25) is 9.59 Å². The second-order valence-corrected chi connectivity index (χ2v) is 5.54. The summed E-state index contributed by atoms with van der Waals surface area (Å²) in [6.07, 6.45) is 2.67. The normalized spacial score (nSPS) is 23.9. The first-order chi connectivity index (χ1) is 9.41. The molecule has 0 aliphatic heterocycles. The molecule has 0 aromatic rings. The molecule has 114 valence electrons. The van der Waals surface area contributed by atoms with E-state index in [1.165, 1.54) is 0 Å². The molecule has 0 aromatic carbocycles. The SMILES string of the molecule is C=C(C)COC(C)COC(=O)C1CCCCC1C(=O)O. The van der Waals surface area contributed by atoms with Crippen molar-refractivity contribution < 1.29 is 24.2 Å². The molecule has 1 N–H and O–H groups in total. The Morgan fingerprint density at radius 3 is 2.45 bits per heavy atom. The summed E-state index contributed by atoms with van der Waals surface area (Å²) in [5.41, 5.74) is 0.904. The zero-order valence-corrected chi connectivity index (χ0v) is 12.3. The van der Waals surface area contributed by atoms with Crippen LogP contribution in [0, 0.1) is 11.8 Å². The Morgan fingerprint density at radius 2 is 1.90 bits per heavy atom. The van der Waals surface area contributed by atoms with Crippen LogP contribution in [0.25, 0.3) is 0 Å². The summed E-state index contributed by atoms with van der Waals surface area (Å²) in [4.78, 5) is 23.1. The van der Waals surface area contributed by atoms with Crippen molar-refractivity contribution in [3.05, 3.63) is 12.2 Å². The van der Waals surface area contributed by atoms with Crippen molar-refractivity contribution in [2.75, 3.05) is 13.2 Å². The predicted octanol–water partition coefficient (Wildman–Crippen LogP) is 2.40. The average molecular weight is 284 g/mol. The third kappa shape index (κ3) is 5.33. The molecule has 0 aromatic heterocycles. The Hall–Kier alpha value is -1.36. The number of aliphatic carboxylic acids is 1. The highest BCUT2D eigenvalue weighted by Crippen LogP contribution is 2.31. The van der Waals surface area contributed by atoms with Gasteiger partial charge in [0.25, 0.3) is 0 Å². The maximum absolute atomic E-state index is 12.0. The van der Waals surface area contributed by atoms with Gasteiger partial charge in [0.15, 0.2) is 0 Å². The van der Waals surface area contributed by atoms with Crippen LogP contribution in [0.4, 0.5) is 0 Å². The Bertz CT molecular complexity index is 363. The van der Waals surface area contributed by atoms with Gasteiger partial charge in [-0.15, -0.1) is 0 Å². The smallest absolute Gasteiger partial charge is 0.309 e. The Balaban J connectivity index is 2.40. The van der Waals surface area contributed by atoms with Gasteiger partial charge in [-0.1, -0.05) is 25.0 Å². The topological polar surface area (TPSA) is 72.8 Å². The highest BCUT2D eigenvalue weighted by atomic mass is 16.6. The van der Waals surface area contributed by atoms with Gasteiger partial charge >= 0.3 is 11.9 Å². The average Bonchev–Trinajstić information content (AvgIpc) is 2.42. The van der Waals surface area contributed by atoms with Crippen LogP contribution in [0.3, 0.4) is 0 Å². The number of carboxylic acid groups (broad SMARTS) is 1. The van der Waals surface area contributed by atoms with Crippen molar-refractivity contribution in [2.45, 2.75) is 45.6 Å². The van der Waals surface area contributed by atoms with E-state index in [1.54, 1.807) is 0 Å². The molecule has 5 heteroatoms. The molecule has 0 bridgehead atoms. The van der Waals surface area contributed by atoms with E-state index in [2.05, 4.69) is 6.58 Å². The van der Waals surface area contributed by atoms with Gasteiger partial charge in [-0.2, -0.15) is 0 Å². The minimum Gasteiger partial charge on any atom is -0.481 e. The largest absolute Gasteiger partial charge is 0.481 e. The van der Waals surface area contributed by atoms with Crippen LogP contribution < -0.4 is 0 Å². The van der Waals surface area contributed by atoms with Gasteiger partial charge in [0.2, 0.25) is 0 Å². The summed E-state index contributed by atoms with van der Waals surface area (Å²) >= 11 is 0. The molecule has 0 amide bonds. The van der Waals surface area contributed by atoms with Gasteiger partial charge in [0.05, 0.1) is 24.5 Å². The van der Waals surface area contributed by atoms with E-state index in [1.807, 2.05) is 13.8 Å². The van der Waals surface area contributed by atoms with E-state index in [4.69, 9.17) is 14.6 Å². The lowest BCUT2D eigenvalue weighted by atomic mass is 9.79. The fourth-order valence-electron chi connectivity index (χ4n) is 2.35. The zero-order valence-electron chi connectivity index (χ0n) is 12.3. The van der Waals surface area contributed by atoms with Crippen molar-refractivity contribution in [2.24, 2.45) is 11.8 Å². The second-order valence-electron chi connectivity index (χ2n) is 5.54. The lowest BCUT2D eigenvalue weighted by Crippen LogP contribution is -2.35. The fraction of sp³-hybridized carbons (Fsp3) is 0.733. The zero-order chi connectivity index (χ0) is 15.1. The van der Waals surface area contributed by atoms with Gasteiger partial charge in [0, 0.05) is 0 Å². The molecule has 3 atom stereocenters. The Morgan fingerprint density at radius 1 is 1.30 bits per heavy atom. The fourth-order valence-corrected chi connectivity index (χ4v) is 2.35. The Labute approximate surface area is 119 Å². The number of ether oxygens (including phenoxy) is 2. The van der Waals surface area contributed by atoms with Crippen LogP contribution in [0.15, 0.2) is 12.2 Å². The lowest BCUT2D eigenvalue weighted by Gasteiger charge is -2.27. The minimum absolute atomic E-state index is 0.148. The van der Waals surface area contributed by atoms with E-state index in [0.29, 0.717) is 19.4 Å². The molecule has 0 saturated heterocycles. The van der Waals surface area contributed by atoms with E-state index >= 15 is 0 Å². The van der Waals surface area contributed by atoms with Crippen molar-refractivity contribution in [3.63, 3.8) is 0 Å². The number of hydrogen-bond donors (Lipinski definition) is 1. The summed E-state index contributed by atoms with van der Waals surface area (Å²) in [6, 6.07) is 0. The van der Waals surface area contributed by atoms with Gasteiger partial charge in [0.1, 0.15) is 6.61 Å². The molecule has 0 radical (unpaired) electrons. The quantitative estimate of drug-likeness (QED) is 0.574. The van der Waals surface area contributed by atoms with Gasteiger partial charge < -0.3 is 14.6 Å². The molecule has 0 heterocycles. The molecular formula is C15H24O5. The first-order valence-electron chi connectivity index (χ1n) is 7.07. The van der Waals surface area contributed by atoms with Crippen LogP contribution >= 0.6 is 0 Å². The number of esters is 1. The highest BCUT2D eigenvalue weighted by Gasteiger charge is 2.36. The number of carbonyl (C=O) groups excluding carboxylic acids is 1. The standard InChI is InChI=1S/C15H24O5/c1-10(2)8-19-11(3)9-20-15(18)13-7-5-4-6-12(13)14(16)17/h11-13H,1,4-9H2,2-3H3,(H,16,17). The van der Waals surface area contributed by atoms with Crippen molar-refractivity contribution in [1.29, 1.82) is 0 Å². The van der Waals surface area contributed by atoms with Crippen molar-refractivity contribution in [3.8, 4) is 0 Å². The van der Waals surface area contributed by atoms with Crippen LogP contribution in [-0.4, -0.2) is 36.4 Å². The first-order valence-corrected chi connectivity index (χ1v) is 7.07. The lowest BCUT2D eigenvalue weighted by molar-refractivity contribution is -0.162. The van der Waals surface area contributed by atoms with Gasteiger partial charge in [-0.05, 0) is 26.7 Å². The van der Waals surface area contributed by atoms with E-state index in [9.17, 15) is 9.59 Å². The third-order valence-corrected chi connectivity index (χ3v) is 3.46. The summed E-state index contributed by atoms with van der Waals surface area (Å²) in [6.45, 7) is 7.98. The van der Waals surface area contributed by atoms with Crippen molar-refractivity contribution in [1.82, 2.24) is 0 Å². The van der Waals surface area contributed by atoms with Crippen LogP contribution in [0.1, 0.15) is 39.5 Å². The number of carboxylic acids is 1. The number of hydrogen-bond acceptors (Lipinski definition) is 4. The summed E-state index contributed by atoms with van der Waals surface area (Å²) < 4.78 is 10.6. The summed E-state index contributed by atoms with van der Waals surface area (Å²) in [5.74, 6) is -2.45. The van der Waals surface area contributed by atoms with E-state index in [-0.39, 0.29) is 12.7 Å². The molecule has 20 heavy (non-hydrogen) atoms. The van der Waals surface area contributed by atoms with E-state index in [0.717, 1.165) is 18.4 Å². The molecule has 3 unspecified atom stereocenters. The monoisotopic (exact) mass is 284 g/mol. The number of carbonyl (C=O) groups is 2. The molecule has 1 aliphatic carbocycles. The number of rotatable bonds is 7. The molecule has 1 saturated carbocycles. The van der Waals surface area contributed by atoms with Crippen LogP contribution in [0.2, 0.25) is 0 Å². The van der Waals surface area contributed by atoms with E-state index < -0.39 is 23.8 Å². The molecule has 1 aliphatic rings. The predicted molar refractivity (Wildman–Crippen MR) is 74.3 cm³/mol. The third-order valence-electron chi connectivity index (χ3n) is 3.46. The second kappa shape index (κ2) is 8.04. The minimum atomic E-state index is -0.904. The molecular weight excluding hydrogens is 260 g/mol. The van der Waals surface area contributed by atoms with Crippen LogP contribution in [0.5, 0.6) is 0 Å². The molecule has 1 rings (SSSR count). The van der Waals surface area contributed by atoms with Gasteiger partial charge in [-0.25, -0.2) is 0 Å². The summed E-state index contributed by atoms with van der Waals surface area (Å²) in [5, 5.41) is 9.14. The Kier molecular flexibility index (Phi) is 6.71. The molecule has 0 spiro atoms.